The molecule has 16 heavy (non-hydrogen) atoms. The van der Waals surface area contributed by atoms with Gasteiger partial charge < -0.3 is 5.32 Å². The van der Waals surface area contributed by atoms with Gasteiger partial charge in [-0.2, -0.15) is 0 Å². The van der Waals surface area contributed by atoms with Gasteiger partial charge in [-0.05, 0) is 26.4 Å². The molecule has 0 aliphatic carbocycles. The molecule has 1 fully saturated rings. The second-order valence-electron chi connectivity index (χ2n) is 4.56. The van der Waals surface area contributed by atoms with Gasteiger partial charge in [0.25, 0.3) is 0 Å². The number of nitrogens with zero attached hydrogens (tertiary/aromatic N) is 4. The highest BCUT2D eigenvalue weighted by atomic mass is 15.4. The molecule has 5 heteroatoms. The summed E-state index contributed by atoms with van der Waals surface area (Å²) >= 11 is 0. The summed E-state index contributed by atoms with van der Waals surface area (Å²) in [5.74, 6) is 0. The third kappa shape index (κ3) is 2.80. The first-order valence-electron chi connectivity index (χ1n) is 6.03. The van der Waals surface area contributed by atoms with Gasteiger partial charge in [-0.1, -0.05) is 11.6 Å². The van der Waals surface area contributed by atoms with Gasteiger partial charge in [-0.25, -0.2) is 0 Å². The highest BCUT2D eigenvalue weighted by Gasteiger charge is 2.22. The minimum Gasteiger partial charge on any atom is -0.318 e. The number of likely N-dealkylation sites (tertiary alicyclic amines) is 1. The Kier molecular flexibility index (Phi) is 3.90. The van der Waals surface area contributed by atoms with Crippen molar-refractivity contribution in [2.75, 3.05) is 20.1 Å². The van der Waals surface area contributed by atoms with E-state index in [0.29, 0.717) is 6.04 Å². The molecule has 1 aromatic heterocycles. The van der Waals surface area contributed by atoms with E-state index in [2.05, 4.69) is 20.5 Å². The first-order valence-corrected chi connectivity index (χ1v) is 6.03. The van der Waals surface area contributed by atoms with Crippen LogP contribution in [0.2, 0.25) is 0 Å². The minimum atomic E-state index is 0.653. The molecule has 0 bridgehead atoms. The largest absolute Gasteiger partial charge is 0.318 e. The Bertz CT molecular complexity index is 320. The summed E-state index contributed by atoms with van der Waals surface area (Å²) in [5.41, 5.74) is 1.07. The van der Waals surface area contributed by atoms with Crippen LogP contribution in [0.1, 0.15) is 25.0 Å². The van der Waals surface area contributed by atoms with Crippen LogP contribution < -0.4 is 5.32 Å². The molecule has 1 aliphatic heterocycles. The van der Waals surface area contributed by atoms with Crippen LogP contribution in [0.25, 0.3) is 0 Å². The lowest BCUT2D eigenvalue weighted by molar-refractivity contribution is 0.137. The first kappa shape index (κ1) is 11.5. The molecule has 0 spiro atoms. The van der Waals surface area contributed by atoms with E-state index >= 15 is 0 Å². The lowest BCUT2D eigenvalue weighted by atomic mass is 10.0. The number of hydrogen-bond donors (Lipinski definition) is 1. The molecule has 90 valence electrons. The molecule has 1 aromatic rings. The Labute approximate surface area is 96.8 Å². The van der Waals surface area contributed by atoms with E-state index < -0.39 is 0 Å². The number of hydrogen-bond acceptors (Lipinski definition) is 4. The fourth-order valence-corrected chi connectivity index (χ4v) is 2.41. The fourth-order valence-electron chi connectivity index (χ4n) is 2.41. The molecule has 0 aromatic carbocycles. The number of aryl methyl sites for hydroxylation is 1. The standard InChI is InChI=1S/C11H21N5/c1-12-7-11-5-3-4-6-16(11)9-10-8-15(2)14-13-10/h8,11-12H,3-7,9H2,1-2H3. The summed E-state index contributed by atoms with van der Waals surface area (Å²) in [4.78, 5) is 2.52. The van der Waals surface area contributed by atoms with E-state index in [9.17, 15) is 0 Å². The van der Waals surface area contributed by atoms with Crippen molar-refractivity contribution in [3.05, 3.63) is 11.9 Å². The summed E-state index contributed by atoms with van der Waals surface area (Å²) in [6, 6.07) is 0.653. The van der Waals surface area contributed by atoms with Gasteiger partial charge in [0.15, 0.2) is 0 Å². The zero-order valence-corrected chi connectivity index (χ0v) is 10.2. The number of likely N-dealkylation sites (N-methyl/N-ethyl adjacent to an activating group) is 1. The van der Waals surface area contributed by atoms with Crippen molar-refractivity contribution < 1.29 is 0 Å². The second-order valence-corrected chi connectivity index (χ2v) is 4.56. The summed E-state index contributed by atoms with van der Waals surface area (Å²) in [5, 5.41) is 11.4. The Hall–Kier alpha value is -0.940. The van der Waals surface area contributed by atoms with Gasteiger partial charge >= 0.3 is 0 Å². The monoisotopic (exact) mass is 223 g/mol. The summed E-state index contributed by atoms with van der Waals surface area (Å²) in [6.07, 6.45) is 5.95. The molecule has 1 unspecified atom stereocenters. The van der Waals surface area contributed by atoms with E-state index in [-0.39, 0.29) is 0 Å². The highest BCUT2D eigenvalue weighted by molar-refractivity contribution is 4.93. The van der Waals surface area contributed by atoms with E-state index in [4.69, 9.17) is 0 Å². The average Bonchev–Trinajstić information content (AvgIpc) is 2.67. The van der Waals surface area contributed by atoms with Crippen LogP contribution >= 0.6 is 0 Å². The number of rotatable bonds is 4. The molecule has 1 N–H and O–H groups in total. The smallest absolute Gasteiger partial charge is 0.0967 e. The molecule has 0 radical (unpaired) electrons. The Morgan fingerprint density at radius 2 is 2.38 bits per heavy atom. The lowest BCUT2D eigenvalue weighted by Gasteiger charge is -2.35. The SMILES string of the molecule is CNCC1CCCCN1Cc1cn(C)nn1. The van der Waals surface area contributed by atoms with Crippen molar-refractivity contribution in [1.82, 2.24) is 25.2 Å². The van der Waals surface area contributed by atoms with Crippen molar-refractivity contribution >= 4 is 0 Å². The van der Waals surface area contributed by atoms with Gasteiger partial charge in [0.2, 0.25) is 0 Å². The zero-order valence-electron chi connectivity index (χ0n) is 10.2. The van der Waals surface area contributed by atoms with Crippen molar-refractivity contribution in [2.24, 2.45) is 7.05 Å². The summed E-state index contributed by atoms with van der Waals surface area (Å²) in [7, 11) is 3.94. The van der Waals surface area contributed by atoms with Gasteiger partial charge in [0.1, 0.15) is 0 Å². The molecule has 1 aliphatic rings. The number of nitrogens with one attached hydrogen (secondary N) is 1. The molecule has 0 saturated carbocycles. The average molecular weight is 223 g/mol. The van der Waals surface area contributed by atoms with E-state index in [1.54, 1.807) is 4.68 Å². The zero-order chi connectivity index (χ0) is 11.4. The minimum absolute atomic E-state index is 0.653. The maximum Gasteiger partial charge on any atom is 0.0967 e. The fraction of sp³-hybridized carbons (Fsp3) is 0.818. The molecule has 2 rings (SSSR count). The highest BCUT2D eigenvalue weighted by Crippen LogP contribution is 2.18. The van der Waals surface area contributed by atoms with Gasteiger partial charge in [-0.3, -0.25) is 9.58 Å². The summed E-state index contributed by atoms with van der Waals surface area (Å²) in [6.45, 7) is 3.18. The predicted molar refractivity (Wildman–Crippen MR) is 63.0 cm³/mol. The van der Waals surface area contributed by atoms with E-state index in [0.717, 1.165) is 18.8 Å². The Morgan fingerprint density at radius 1 is 1.50 bits per heavy atom. The quantitative estimate of drug-likeness (QED) is 0.802. The topological polar surface area (TPSA) is 46.0 Å². The van der Waals surface area contributed by atoms with Crippen molar-refractivity contribution in [3.63, 3.8) is 0 Å². The van der Waals surface area contributed by atoms with Gasteiger partial charge in [0.05, 0.1) is 5.69 Å². The maximum absolute atomic E-state index is 4.16. The molecule has 1 atom stereocenters. The third-order valence-corrected chi connectivity index (χ3v) is 3.20. The molecule has 1 saturated heterocycles. The van der Waals surface area contributed by atoms with Gasteiger partial charge in [0, 0.05) is 32.4 Å². The molecule has 0 amide bonds. The molecule has 2 heterocycles. The third-order valence-electron chi connectivity index (χ3n) is 3.20. The van der Waals surface area contributed by atoms with E-state index in [1.807, 2.05) is 20.3 Å². The number of aromatic nitrogens is 3. The van der Waals surface area contributed by atoms with Crippen LogP contribution in [-0.4, -0.2) is 46.1 Å². The Morgan fingerprint density at radius 3 is 3.06 bits per heavy atom. The first-order chi connectivity index (χ1) is 7.79. The van der Waals surface area contributed by atoms with Crippen LogP contribution in [0, 0.1) is 0 Å². The number of piperidine rings is 1. The Balaban J connectivity index is 1.95. The van der Waals surface area contributed by atoms with Crippen molar-refractivity contribution in [3.8, 4) is 0 Å². The van der Waals surface area contributed by atoms with Crippen LogP contribution in [0.5, 0.6) is 0 Å². The van der Waals surface area contributed by atoms with Crippen LogP contribution in [0.4, 0.5) is 0 Å². The normalized spacial score (nSPS) is 22.5. The lowest BCUT2D eigenvalue weighted by Crippen LogP contribution is -2.44. The van der Waals surface area contributed by atoms with Crippen molar-refractivity contribution in [1.29, 1.82) is 0 Å². The predicted octanol–water partition coefficient (Wildman–Crippen LogP) is 0.389. The van der Waals surface area contributed by atoms with Crippen molar-refractivity contribution in [2.45, 2.75) is 31.8 Å². The molecular formula is C11H21N5. The maximum atomic E-state index is 4.16. The summed E-state index contributed by atoms with van der Waals surface area (Å²) < 4.78 is 1.77. The molecule has 5 nitrogen and oxygen atoms in total. The van der Waals surface area contributed by atoms with Crippen LogP contribution in [-0.2, 0) is 13.6 Å². The van der Waals surface area contributed by atoms with E-state index in [1.165, 1.54) is 25.8 Å². The molecular weight excluding hydrogens is 202 g/mol. The second kappa shape index (κ2) is 5.41. The van der Waals surface area contributed by atoms with Crippen LogP contribution in [0.3, 0.4) is 0 Å². The van der Waals surface area contributed by atoms with Crippen LogP contribution in [0.15, 0.2) is 6.20 Å². The van der Waals surface area contributed by atoms with Gasteiger partial charge in [-0.15, -0.1) is 5.10 Å².